The standard InChI is InChI=1S/C15H15N3O/c1-9-5-4-6-11-7-13(19-15(9)11)12-8-14(16-3)18-10(2)17-12/h4-8H,1-3H3,(H,16,17,18). The number of furan rings is 1. The van der Waals surface area contributed by atoms with E-state index in [2.05, 4.69) is 15.3 Å². The van der Waals surface area contributed by atoms with Crippen LogP contribution in [0.25, 0.3) is 22.4 Å². The molecule has 3 aromatic rings. The fourth-order valence-corrected chi connectivity index (χ4v) is 2.16. The fourth-order valence-electron chi connectivity index (χ4n) is 2.16. The number of para-hydroxylation sites is 1. The number of hydrogen-bond donors (Lipinski definition) is 1. The van der Waals surface area contributed by atoms with E-state index in [1.807, 2.05) is 51.2 Å². The van der Waals surface area contributed by atoms with Gasteiger partial charge >= 0.3 is 0 Å². The van der Waals surface area contributed by atoms with Gasteiger partial charge in [-0.3, -0.25) is 0 Å². The summed E-state index contributed by atoms with van der Waals surface area (Å²) < 4.78 is 5.92. The molecule has 0 atom stereocenters. The second-order valence-corrected chi connectivity index (χ2v) is 4.54. The summed E-state index contributed by atoms with van der Waals surface area (Å²) in [5.74, 6) is 2.28. The summed E-state index contributed by atoms with van der Waals surface area (Å²) in [5.41, 5.74) is 2.84. The third-order valence-corrected chi connectivity index (χ3v) is 3.09. The minimum Gasteiger partial charge on any atom is -0.454 e. The number of rotatable bonds is 2. The molecule has 2 heterocycles. The molecule has 0 radical (unpaired) electrons. The molecule has 0 unspecified atom stereocenters. The van der Waals surface area contributed by atoms with Gasteiger partial charge in [0.15, 0.2) is 5.76 Å². The lowest BCUT2D eigenvalue weighted by atomic mass is 10.2. The zero-order chi connectivity index (χ0) is 13.4. The number of aryl methyl sites for hydroxylation is 2. The number of nitrogens with zero attached hydrogens (tertiary/aromatic N) is 2. The highest BCUT2D eigenvalue weighted by atomic mass is 16.3. The number of anilines is 1. The average Bonchev–Trinajstić information content (AvgIpc) is 2.83. The Hall–Kier alpha value is -2.36. The van der Waals surface area contributed by atoms with Crippen LogP contribution in [-0.4, -0.2) is 17.0 Å². The topological polar surface area (TPSA) is 51.0 Å². The van der Waals surface area contributed by atoms with Gasteiger partial charge in [0.1, 0.15) is 22.9 Å². The lowest BCUT2D eigenvalue weighted by Gasteiger charge is -2.03. The summed E-state index contributed by atoms with van der Waals surface area (Å²) in [6.07, 6.45) is 0. The molecule has 0 saturated carbocycles. The van der Waals surface area contributed by atoms with Crippen molar-refractivity contribution in [2.75, 3.05) is 12.4 Å². The van der Waals surface area contributed by atoms with Crippen LogP contribution in [0.4, 0.5) is 5.82 Å². The van der Waals surface area contributed by atoms with E-state index in [9.17, 15) is 0 Å². The molecule has 1 N–H and O–H groups in total. The molecule has 0 spiro atoms. The predicted molar refractivity (Wildman–Crippen MR) is 76.3 cm³/mol. The van der Waals surface area contributed by atoms with E-state index >= 15 is 0 Å². The molecule has 0 amide bonds. The van der Waals surface area contributed by atoms with E-state index in [0.717, 1.165) is 39.6 Å². The minimum atomic E-state index is 0.721. The van der Waals surface area contributed by atoms with E-state index in [4.69, 9.17) is 4.42 Å². The van der Waals surface area contributed by atoms with Gasteiger partial charge in [-0.25, -0.2) is 9.97 Å². The highest BCUT2D eigenvalue weighted by Gasteiger charge is 2.10. The van der Waals surface area contributed by atoms with Crippen molar-refractivity contribution in [3.8, 4) is 11.5 Å². The number of benzene rings is 1. The van der Waals surface area contributed by atoms with Crippen LogP contribution in [0.5, 0.6) is 0 Å². The highest BCUT2D eigenvalue weighted by molar-refractivity contribution is 5.84. The lowest BCUT2D eigenvalue weighted by molar-refractivity contribution is 0.625. The van der Waals surface area contributed by atoms with Crippen molar-refractivity contribution in [1.82, 2.24) is 9.97 Å². The van der Waals surface area contributed by atoms with E-state index in [1.165, 1.54) is 0 Å². The zero-order valence-electron chi connectivity index (χ0n) is 11.2. The van der Waals surface area contributed by atoms with Crippen LogP contribution in [0, 0.1) is 13.8 Å². The van der Waals surface area contributed by atoms with Crippen LogP contribution in [0.1, 0.15) is 11.4 Å². The number of hydrogen-bond acceptors (Lipinski definition) is 4. The first kappa shape index (κ1) is 11.7. The summed E-state index contributed by atoms with van der Waals surface area (Å²) in [4.78, 5) is 8.72. The van der Waals surface area contributed by atoms with Crippen molar-refractivity contribution in [2.24, 2.45) is 0 Å². The molecule has 0 saturated heterocycles. The van der Waals surface area contributed by atoms with E-state index in [-0.39, 0.29) is 0 Å². The third-order valence-electron chi connectivity index (χ3n) is 3.09. The number of nitrogens with one attached hydrogen (secondary N) is 1. The molecule has 4 heteroatoms. The maximum Gasteiger partial charge on any atom is 0.154 e. The highest BCUT2D eigenvalue weighted by Crippen LogP contribution is 2.29. The number of aromatic nitrogens is 2. The SMILES string of the molecule is CNc1cc(-c2cc3cccc(C)c3o2)nc(C)n1. The van der Waals surface area contributed by atoms with Gasteiger partial charge in [-0.05, 0) is 25.5 Å². The zero-order valence-corrected chi connectivity index (χ0v) is 11.2. The summed E-state index contributed by atoms with van der Waals surface area (Å²) in [6, 6.07) is 10.0. The van der Waals surface area contributed by atoms with Crippen molar-refractivity contribution in [3.63, 3.8) is 0 Å². The molecule has 0 fully saturated rings. The van der Waals surface area contributed by atoms with Crippen LogP contribution in [0.15, 0.2) is 34.7 Å². The van der Waals surface area contributed by atoms with Crippen molar-refractivity contribution in [1.29, 1.82) is 0 Å². The van der Waals surface area contributed by atoms with Crippen molar-refractivity contribution in [2.45, 2.75) is 13.8 Å². The molecule has 19 heavy (non-hydrogen) atoms. The Morgan fingerprint density at radius 3 is 2.68 bits per heavy atom. The van der Waals surface area contributed by atoms with Crippen molar-refractivity contribution in [3.05, 3.63) is 41.7 Å². The maximum absolute atomic E-state index is 5.92. The van der Waals surface area contributed by atoms with E-state index in [1.54, 1.807) is 0 Å². The van der Waals surface area contributed by atoms with E-state index < -0.39 is 0 Å². The second kappa shape index (κ2) is 4.39. The first-order valence-corrected chi connectivity index (χ1v) is 6.20. The van der Waals surface area contributed by atoms with E-state index in [0.29, 0.717) is 0 Å². The Balaban J connectivity index is 2.19. The largest absolute Gasteiger partial charge is 0.454 e. The lowest BCUT2D eigenvalue weighted by Crippen LogP contribution is -1.97. The quantitative estimate of drug-likeness (QED) is 0.758. The second-order valence-electron chi connectivity index (χ2n) is 4.54. The predicted octanol–water partition coefficient (Wildman–Crippen LogP) is 3.55. The minimum absolute atomic E-state index is 0.721. The van der Waals surface area contributed by atoms with Crippen LogP contribution in [-0.2, 0) is 0 Å². The Labute approximate surface area is 111 Å². The molecule has 4 nitrogen and oxygen atoms in total. The molecular weight excluding hydrogens is 238 g/mol. The molecular formula is C15H15N3O. The molecule has 3 rings (SSSR count). The van der Waals surface area contributed by atoms with Crippen molar-refractivity contribution < 1.29 is 4.42 Å². The summed E-state index contributed by atoms with van der Waals surface area (Å²) in [5, 5.41) is 4.13. The van der Waals surface area contributed by atoms with Gasteiger partial charge in [0.05, 0.1) is 0 Å². The molecule has 2 aromatic heterocycles. The molecule has 0 aliphatic rings. The van der Waals surface area contributed by atoms with Gasteiger partial charge in [-0.2, -0.15) is 0 Å². The van der Waals surface area contributed by atoms with Crippen LogP contribution >= 0.6 is 0 Å². The molecule has 0 bridgehead atoms. The Morgan fingerprint density at radius 1 is 1.11 bits per heavy atom. The van der Waals surface area contributed by atoms with Gasteiger partial charge in [0.2, 0.25) is 0 Å². The van der Waals surface area contributed by atoms with Gasteiger partial charge < -0.3 is 9.73 Å². The van der Waals surface area contributed by atoms with Gasteiger partial charge in [0.25, 0.3) is 0 Å². The van der Waals surface area contributed by atoms with Gasteiger partial charge in [-0.1, -0.05) is 18.2 Å². The van der Waals surface area contributed by atoms with Gasteiger partial charge in [0, 0.05) is 18.5 Å². The third kappa shape index (κ3) is 2.05. The fraction of sp³-hybridized carbons (Fsp3) is 0.200. The first-order valence-electron chi connectivity index (χ1n) is 6.20. The monoisotopic (exact) mass is 253 g/mol. The maximum atomic E-state index is 5.92. The summed E-state index contributed by atoms with van der Waals surface area (Å²) in [7, 11) is 1.84. The van der Waals surface area contributed by atoms with Crippen LogP contribution < -0.4 is 5.32 Å². The molecule has 1 aromatic carbocycles. The Morgan fingerprint density at radius 2 is 1.95 bits per heavy atom. The van der Waals surface area contributed by atoms with Crippen LogP contribution in [0.3, 0.4) is 0 Å². The van der Waals surface area contributed by atoms with Crippen molar-refractivity contribution >= 4 is 16.8 Å². The number of fused-ring (bicyclic) bond motifs is 1. The summed E-state index contributed by atoms with van der Waals surface area (Å²) >= 11 is 0. The molecule has 0 aliphatic carbocycles. The average molecular weight is 253 g/mol. The smallest absolute Gasteiger partial charge is 0.154 e. The first-order chi connectivity index (χ1) is 9.17. The van der Waals surface area contributed by atoms with Gasteiger partial charge in [-0.15, -0.1) is 0 Å². The Kier molecular flexibility index (Phi) is 2.71. The van der Waals surface area contributed by atoms with Crippen LogP contribution in [0.2, 0.25) is 0 Å². The Bertz CT molecular complexity index is 746. The molecule has 96 valence electrons. The molecule has 0 aliphatic heterocycles. The normalized spacial score (nSPS) is 10.9. The summed E-state index contributed by atoms with van der Waals surface area (Å²) in [6.45, 7) is 3.91.